The predicted molar refractivity (Wildman–Crippen MR) is 138 cm³/mol. The molecule has 0 N–H and O–H groups in total. The normalized spacial score (nSPS) is 15.6. The van der Waals surface area contributed by atoms with Gasteiger partial charge in [0, 0.05) is 49.5 Å². The fraction of sp³-hybridized carbons (Fsp3) is 0.286. The molecule has 3 heterocycles. The maximum absolute atomic E-state index is 14.4. The topological polar surface area (TPSA) is 76.4 Å². The summed E-state index contributed by atoms with van der Waals surface area (Å²) in [5, 5.41) is 4.53. The molecular formula is C28H27FN6O2. The van der Waals surface area contributed by atoms with Crippen LogP contribution in [-0.2, 0) is 0 Å². The van der Waals surface area contributed by atoms with Crippen LogP contribution in [0.4, 0.5) is 10.1 Å². The van der Waals surface area contributed by atoms with Gasteiger partial charge in [0.2, 0.25) is 0 Å². The van der Waals surface area contributed by atoms with E-state index in [4.69, 9.17) is 4.74 Å². The van der Waals surface area contributed by atoms with E-state index in [1.54, 1.807) is 48.5 Å². The van der Waals surface area contributed by atoms with Crippen molar-refractivity contribution >= 4 is 11.6 Å². The van der Waals surface area contributed by atoms with Gasteiger partial charge in [-0.05, 0) is 55.3 Å². The Kier molecular flexibility index (Phi) is 6.04. The average Bonchev–Trinajstić information content (AvgIpc) is 3.70. The largest absolute Gasteiger partial charge is 0.497 e. The highest BCUT2D eigenvalue weighted by atomic mass is 19.1. The molecule has 8 nitrogen and oxygen atoms in total. The third kappa shape index (κ3) is 4.52. The van der Waals surface area contributed by atoms with E-state index >= 15 is 0 Å². The quantitative estimate of drug-likeness (QED) is 0.394. The summed E-state index contributed by atoms with van der Waals surface area (Å²) in [6.45, 7) is 2.75. The zero-order valence-corrected chi connectivity index (χ0v) is 20.5. The Bertz CT molecular complexity index is 1420. The smallest absolute Gasteiger partial charge is 0.257 e. The van der Waals surface area contributed by atoms with Crippen molar-refractivity contribution in [3.8, 4) is 23.0 Å². The van der Waals surface area contributed by atoms with Gasteiger partial charge >= 0.3 is 0 Å². The molecule has 0 spiro atoms. The average molecular weight is 499 g/mol. The highest BCUT2D eigenvalue weighted by Crippen LogP contribution is 2.42. The molecule has 1 aliphatic carbocycles. The maximum Gasteiger partial charge on any atom is 0.257 e. The maximum atomic E-state index is 14.4. The van der Waals surface area contributed by atoms with Gasteiger partial charge < -0.3 is 14.5 Å². The number of benzene rings is 2. The highest BCUT2D eigenvalue weighted by Gasteiger charge is 2.35. The Labute approximate surface area is 214 Å². The van der Waals surface area contributed by atoms with Gasteiger partial charge in [0.05, 0.1) is 30.3 Å². The van der Waals surface area contributed by atoms with Crippen molar-refractivity contribution in [1.82, 2.24) is 24.6 Å². The number of carbonyl (C=O) groups excluding carboxylic acids is 1. The van der Waals surface area contributed by atoms with E-state index in [0.29, 0.717) is 35.9 Å². The fourth-order valence-corrected chi connectivity index (χ4v) is 4.83. The van der Waals surface area contributed by atoms with E-state index in [9.17, 15) is 9.18 Å². The third-order valence-corrected chi connectivity index (χ3v) is 6.99. The Hall–Kier alpha value is -4.27. The van der Waals surface area contributed by atoms with Gasteiger partial charge in [-0.25, -0.2) is 19.0 Å². The molecule has 188 valence electrons. The number of piperazine rings is 1. The van der Waals surface area contributed by atoms with Gasteiger partial charge in [0.25, 0.3) is 11.9 Å². The molecule has 0 bridgehead atoms. The van der Waals surface area contributed by atoms with Crippen LogP contribution in [0, 0.1) is 5.82 Å². The van der Waals surface area contributed by atoms with Gasteiger partial charge in [0.1, 0.15) is 11.6 Å². The minimum Gasteiger partial charge on any atom is -0.497 e. The Morgan fingerprint density at radius 3 is 2.46 bits per heavy atom. The van der Waals surface area contributed by atoms with Gasteiger partial charge in [-0.1, -0.05) is 12.1 Å². The number of amides is 1. The van der Waals surface area contributed by atoms with E-state index in [-0.39, 0.29) is 17.6 Å². The SMILES string of the molecule is COc1ccc(N2CCN(C(=O)c3cnn(-c4nccc(-c5ccccc5F)n4)c3C3CC3)CC2)cc1. The van der Waals surface area contributed by atoms with Crippen LogP contribution < -0.4 is 9.64 Å². The second kappa shape index (κ2) is 9.65. The van der Waals surface area contributed by atoms with Crippen LogP contribution in [0.3, 0.4) is 0 Å². The lowest BCUT2D eigenvalue weighted by Crippen LogP contribution is -2.48. The summed E-state index contributed by atoms with van der Waals surface area (Å²) in [7, 11) is 1.66. The van der Waals surface area contributed by atoms with Crippen molar-refractivity contribution in [3.63, 3.8) is 0 Å². The van der Waals surface area contributed by atoms with E-state index in [0.717, 1.165) is 43.1 Å². The molecule has 2 aromatic carbocycles. The number of carbonyl (C=O) groups is 1. The monoisotopic (exact) mass is 498 g/mol. The van der Waals surface area contributed by atoms with Crippen LogP contribution in [0.5, 0.6) is 5.75 Å². The number of anilines is 1. The first-order valence-electron chi connectivity index (χ1n) is 12.5. The standard InChI is InChI=1S/C28H27FN6O2/c1-37-21-10-8-20(9-11-21)33-14-16-34(17-15-33)27(36)23-18-31-35(26(23)19-6-7-19)28-30-13-12-25(32-28)22-4-2-3-5-24(22)29/h2-5,8-13,18-19H,6-7,14-17H2,1H3. The predicted octanol–water partition coefficient (Wildman–Crippen LogP) is 4.32. The summed E-state index contributed by atoms with van der Waals surface area (Å²) in [5.74, 6) is 1.03. The molecule has 2 aromatic heterocycles. The Balaban J connectivity index is 1.23. The van der Waals surface area contributed by atoms with Crippen molar-refractivity contribution in [2.45, 2.75) is 18.8 Å². The molecule has 0 radical (unpaired) electrons. The molecule has 1 saturated carbocycles. The second-order valence-corrected chi connectivity index (χ2v) is 9.33. The van der Waals surface area contributed by atoms with Crippen LogP contribution >= 0.6 is 0 Å². The lowest BCUT2D eigenvalue weighted by atomic mass is 10.1. The van der Waals surface area contributed by atoms with Crippen molar-refractivity contribution in [2.75, 3.05) is 38.2 Å². The summed E-state index contributed by atoms with van der Waals surface area (Å²) < 4.78 is 21.3. The second-order valence-electron chi connectivity index (χ2n) is 9.33. The van der Waals surface area contributed by atoms with E-state index in [1.807, 2.05) is 29.2 Å². The first-order valence-corrected chi connectivity index (χ1v) is 12.5. The fourth-order valence-electron chi connectivity index (χ4n) is 4.83. The molecule has 1 amide bonds. The number of nitrogens with zero attached hydrogens (tertiary/aromatic N) is 6. The summed E-state index contributed by atoms with van der Waals surface area (Å²) in [6.07, 6.45) is 5.21. The van der Waals surface area contributed by atoms with Crippen LogP contribution in [0.1, 0.15) is 34.8 Å². The summed E-state index contributed by atoms with van der Waals surface area (Å²) in [4.78, 5) is 26.8. The summed E-state index contributed by atoms with van der Waals surface area (Å²) in [5.41, 5.74) is 3.43. The molecule has 4 aromatic rings. The molecule has 1 saturated heterocycles. The van der Waals surface area contributed by atoms with E-state index in [2.05, 4.69) is 20.0 Å². The van der Waals surface area contributed by atoms with Crippen molar-refractivity contribution < 1.29 is 13.9 Å². The molecule has 2 fully saturated rings. The summed E-state index contributed by atoms with van der Waals surface area (Å²) >= 11 is 0. The lowest BCUT2D eigenvalue weighted by Gasteiger charge is -2.36. The third-order valence-electron chi connectivity index (χ3n) is 6.99. The van der Waals surface area contributed by atoms with Crippen molar-refractivity contribution in [3.05, 3.63) is 84.1 Å². The van der Waals surface area contributed by atoms with Gasteiger partial charge in [-0.15, -0.1) is 0 Å². The molecule has 1 aliphatic heterocycles. The van der Waals surface area contributed by atoms with E-state index in [1.165, 1.54) is 6.07 Å². The number of ether oxygens (including phenoxy) is 1. The molecule has 0 atom stereocenters. The lowest BCUT2D eigenvalue weighted by molar-refractivity contribution is 0.0745. The van der Waals surface area contributed by atoms with Gasteiger partial charge in [-0.2, -0.15) is 5.10 Å². The first kappa shape index (κ1) is 23.1. The zero-order chi connectivity index (χ0) is 25.4. The minimum absolute atomic E-state index is 0.0206. The molecule has 9 heteroatoms. The zero-order valence-electron chi connectivity index (χ0n) is 20.5. The molecule has 0 unspecified atom stereocenters. The molecular weight excluding hydrogens is 471 g/mol. The Morgan fingerprint density at radius 1 is 1.00 bits per heavy atom. The van der Waals surface area contributed by atoms with Gasteiger partial charge in [0.15, 0.2) is 0 Å². The first-order chi connectivity index (χ1) is 18.1. The minimum atomic E-state index is -0.348. The van der Waals surface area contributed by atoms with Gasteiger partial charge in [-0.3, -0.25) is 4.79 Å². The van der Waals surface area contributed by atoms with Crippen LogP contribution in [0.25, 0.3) is 17.2 Å². The molecule has 2 aliphatic rings. The number of hydrogen-bond donors (Lipinski definition) is 0. The summed E-state index contributed by atoms with van der Waals surface area (Å²) in [6, 6.07) is 16.2. The van der Waals surface area contributed by atoms with Crippen molar-refractivity contribution in [2.24, 2.45) is 0 Å². The molecule has 37 heavy (non-hydrogen) atoms. The molecule has 6 rings (SSSR count). The number of methoxy groups -OCH3 is 1. The Morgan fingerprint density at radius 2 is 1.76 bits per heavy atom. The number of rotatable bonds is 6. The highest BCUT2D eigenvalue weighted by molar-refractivity contribution is 5.95. The number of hydrogen-bond acceptors (Lipinski definition) is 6. The van der Waals surface area contributed by atoms with Crippen LogP contribution in [0.15, 0.2) is 67.0 Å². The van der Waals surface area contributed by atoms with Crippen LogP contribution in [-0.4, -0.2) is 63.8 Å². The van der Waals surface area contributed by atoms with Crippen LogP contribution in [0.2, 0.25) is 0 Å². The number of aromatic nitrogens is 4. The van der Waals surface area contributed by atoms with E-state index < -0.39 is 0 Å². The van der Waals surface area contributed by atoms with Crippen molar-refractivity contribution in [1.29, 1.82) is 0 Å². The number of halogens is 1.